The van der Waals surface area contributed by atoms with Gasteiger partial charge in [0.05, 0.1) is 0 Å². The van der Waals surface area contributed by atoms with Crippen LogP contribution in [0.5, 0.6) is 0 Å². The molecule has 2 atom stereocenters. The van der Waals surface area contributed by atoms with Gasteiger partial charge in [-0.25, -0.2) is 9.89 Å². The molecule has 1 aliphatic rings. The first kappa shape index (κ1) is 15.5. The average Bonchev–Trinajstić information content (AvgIpc) is 3.14. The molecule has 0 radical (unpaired) electrons. The van der Waals surface area contributed by atoms with Crippen LogP contribution in [0.2, 0.25) is 0 Å². The van der Waals surface area contributed by atoms with Gasteiger partial charge in [-0.05, 0) is 25.3 Å². The van der Waals surface area contributed by atoms with Crippen molar-refractivity contribution in [2.45, 2.75) is 45.2 Å². The molecule has 6 heteroatoms. The molecule has 1 saturated heterocycles. The summed E-state index contributed by atoms with van der Waals surface area (Å²) in [6.45, 7) is 4.98. The fraction of sp³-hybridized carbons (Fsp3) is 0.471. The van der Waals surface area contributed by atoms with E-state index in [-0.39, 0.29) is 24.2 Å². The number of likely N-dealkylation sites (tertiary alicyclic amines) is 1. The lowest BCUT2D eigenvalue weighted by Gasteiger charge is -2.27. The lowest BCUT2D eigenvalue weighted by molar-refractivity contribution is -0.132. The fourth-order valence-corrected chi connectivity index (χ4v) is 3.49. The topological polar surface area (TPSA) is 71.0 Å². The third kappa shape index (κ3) is 3.06. The number of aryl methyl sites for hydroxylation is 1. The molecule has 1 aromatic heterocycles. The number of aromatic nitrogens is 3. The largest absolute Gasteiger partial charge is 0.343 e. The van der Waals surface area contributed by atoms with Gasteiger partial charge in [-0.2, -0.15) is 5.10 Å². The van der Waals surface area contributed by atoms with Gasteiger partial charge >= 0.3 is 5.69 Å². The van der Waals surface area contributed by atoms with Gasteiger partial charge in [-0.3, -0.25) is 9.36 Å². The van der Waals surface area contributed by atoms with Crippen LogP contribution in [0, 0.1) is 6.92 Å². The zero-order valence-corrected chi connectivity index (χ0v) is 13.5. The molecule has 6 nitrogen and oxygen atoms in total. The highest BCUT2D eigenvalue weighted by atomic mass is 16.2. The lowest BCUT2D eigenvalue weighted by Crippen LogP contribution is -2.40. The van der Waals surface area contributed by atoms with Crippen LogP contribution in [0.4, 0.5) is 0 Å². The number of benzene rings is 1. The summed E-state index contributed by atoms with van der Waals surface area (Å²) < 4.78 is 1.31. The first-order chi connectivity index (χ1) is 11.1. The number of amides is 1. The molecule has 3 rings (SSSR count). The quantitative estimate of drug-likeness (QED) is 0.933. The van der Waals surface area contributed by atoms with E-state index in [9.17, 15) is 9.59 Å². The van der Waals surface area contributed by atoms with Crippen molar-refractivity contribution in [2.24, 2.45) is 0 Å². The second-order valence-corrected chi connectivity index (χ2v) is 6.16. The van der Waals surface area contributed by atoms with Gasteiger partial charge in [0.15, 0.2) is 0 Å². The van der Waals surface area contributed by atoms with Gasteiger partial charge in [-0.1, -0.05) is 36.8 Å². The summed E-state index contributed by atoms with van der Waals surface area (Å²) in [5, 5.41) is 5.98. The Morgan fingerprint density at radius 3 is 2.70 bits per heavy atom. The van der Waals surface area contributed by atoms with E-state index in [1.165, 1.54) is 22.0 Å². The fourth-order valence-electron chi connectivity index (χ4n) is 3.49. The lowest BCUT2D eigenvalue weighted by atomic mass is 9.90. The van der Waals surface area contributed by atoms with Crippen LogP contribution >= 0.6 is 0 Å². The zero-order chi connectivity index (χ0) is 16.4. The van der Waals surface area contributed by atoms with Crippen molar-refractivity contribution in [2.75, 3.05) is 6.54 Å². The minimum Gasteiger partial charge on any atom is -0.338 e. The van der Waals surface area contributed by atoms with E-state index in [4.69, 9.17) is 0 Å². The highest BCUT2D eigenvalue weighted by molar-refractivity contribution is 5.77. The van der Waals surface area contributed by atoms with E-state index in [0.29, 0.717) is 5.92 Å². The number of hydrogen-bond donors (Lipinski definition) is 1. The van der Waals surface area contributed by atoms with E-state index in [2.05, 4.69) is 48.3 Å². The SMILES string of the molecule is CC[C@@H]1[C@@H](c2ccc(C)cc2)CCN1C(=O)Cn1cn[nH]c1=O. The maximum absolute atomic E-state index is 12.6. The Morgan fingerprint density at radius 1 is 1.35 bits per heavy atom. The molecule has 0 unspecified atom stereocenters. The maximum atomic E-state index is 12.6. The van der Waals surface area contributed by atoms with Crippen molar-refractivity contribution >= 4 is 5.91 Å². The highest BCUT2D eigenvalue weighted by Crippen LogP contribution is 2.35. The van der Waals surface area contributed by atoms with Crippen LogP contribution in [-0.4, -0.2) is 38.2 Å². The number of hydrogen-bond acceptors (Lipinski definition) is 3. The number of aromatic amines is 1. The molecule has 1 N–H and O–H groups in total. The number of carbonyl (C=O) groups is 1. The Balaban J connectivity index is 1.76. The maximum Gasteiger partial charge on any atom is 0.343 e. The van der Waals surface area contributed by atoms with Gasteiger partial charge in [0.25, 0.3) is 0 Å². The number of carbonyl (C=O) groups excluding carboxylic acids is 1. The van der Waals surface area contributed by atoms with Crippen molar-refractivity contribution in [3.63, 3.8) is 0 Å². The second kappa shape index (κ2) is 6.40. The minimum absolute atomic E-state index is 0.0186. The number of nitrogens with one attached hydrogen (secondary N) is 1. The van der Waals surface area contributed by atoms with Gasteiger partial charge in [-0.15, -0.1) is 0 Å². The molecular formula is C17H22N4O2. The Kier molecular flexibility index (Phi) is 4.32. The van der Waals surface area contributed by atoms with Crippen molar-refractivity contribution in [3.05, 3.63) is 52.2 Å². The molecule has 0 saturated carbocycles. The molecule has 2 aromatic rings. The first-order valence-corrected chi connectivity index (χ1v) is 8.06. The third-order valence-electron chi connectivity index (χ3n) is 4.71. The molecule has 122 valence electrons. The molecule has 0 spiro atoms. The standard InChI is InChI=1S/C17H22N4O2/c1-3-15-14(13-6-4-12(2)5-7-13)8-9-21(15)16(22)10-20-11-18-19-17(20)23/h4-7,11,14-15H,3,8-10H2,1-2H3,(H,19,23)/t14-,15-/m1/s1. The molecule has 1 aromatic carbocycles. The molecular weight excluding hydrogens is 292 g/mol. The van der Waals surface area contributed by atoms with E-state index in [1.54, 1.807) is 0 Å². The monoisotopic (exact) mass is 314 g/mol. The van der Waals surface area contributed by atoms with Crippen LogP contribution < -0.4 is 5.69 Å². The molecule has 1 amide bonds. The number of nitrogens with zero attached hydrogens (tertiary/aromatic N) is 3. The van der Waals surface area contributed by atoms with Crippen LogP contribution in [0.1, 0.15) is 36.8 Å². The van der Waals surface area contributed by atoms with E-state index in [0.717, 1.165) is 19.4 Å². The van der Waals surface area contributed by atoms with Crippen LogP contribution in [0.3, 0.4) is 0 Å². The normalized spacial score (nSPS) is 20.9. The van der Waals surface area contributed by atoms with Gasteiger partial charge in [0.1, 0.15) is 12.9 Å². The summed E-state index contributed by atoms with van der Waals surface area (Å²) in [6, 6.07) is 8.76. The Morgan fingerprint density at radius 2 is 2.09 bits per heavy atom. The predicted octanol–water partition coefficient (Wildman–Crippen LogP) is 1.67. The molecule has 1 fully saturated rings. The van der Waals surface area contributed by atoms with Gasteiger partial charge in [0.2, 0.25) is 5.91 Å². The van der Waals surface area contributed by atoms with Crippen LogP contribution in [0.25, 0.3) is 0 Å². The van der Waals surface area contributed by atoms with Crippen molar-refractivity contribution < 1.29 is 4.79 Å². The second-order valence-electron chi connectivity index (χ2n) is 6.16. The Bertz CT molecular complexity index is 732. The van der Waals surface area contributed by atoms with Gasteiger partial charge < -0.3 is 4.90 Å². The number of H-pyrrole nitrogens is 1. The Hall–Kier alpha value is -2.37. The molecule has 2 heterocycles. The molecule has 23 heavy (non-hydrogen) atoms. The van der Waals surface area contributed by atoms with Crippen molar-refractivity contribution in [1.29, 1.82) is 0 Å². The van der Waals surface area contributed by atoms with Crippen molar-refractivity contribution in [3.8, 4) is 0 Å². The van der Waals surface area contributed by atoms with E-state index < -0.39 is 0 Å². The summed E-state index contributed by atoms with van der Waals surface area (Å²) in [4.78, 5) is 26.0. The van der Waals surface area contributed by atoms with Crippen LogP contribution in [0.15, 0.2) is 35.4 Å². The summed E-state index contributed by atoms with van der Waals surface area (Å²) in [6.07, 6.45) is 3.24. The van der Waals surface area contributed by atoms with Gasteiger partial charge in [0, 0.05) is 18.5 Å². The number of rotatable bonds is 4. The third-order valence-corrected chi connectivity index (χ3v) is 4.71. The molecule has 0 bridgehead atoms. The summed E-state index contributed by atoms with van der Waals surface area (Å²) in [7, 11) is 0. The Labute approximate surface area is 135 Å². The zero-order valence-electron chi connectivity index (χ0n) is 13.5. The smallest absolute Gasteiger partial charge is 0.338 e. The minimum atomic E-state index is -0.347. The summed E-state index contributed by atoms with van der Waals surface area (Å²) >= 11 is 0. The van der Waals surface area contributed by atoms with Crippen LogP contribution in [-0.2, 0) is 11.3 Å². The average molecular weight is 314 g/mol. The molecule has 0 aliphatic carbocycles. The highest BCUT2D eigenvalue weighted by Gasteiger charge is 2.36. The predicted molar refractivity (Wildman–Crippen MR) is 87.2 cm³/mol. The summed E-state index contributed by atoms with van der Waals surface area (Å²) in [5.41, 5.74) is 2.19. The van der Waals surface area contributed by atoms with E-state index in [1.807, 2.05) is 4.90 Å². The first-order valence-electron chi connectivity index (χ1n) is 8.06. The molecule has 1 aliphatic heterocycles. The summed E-state index contributed by atoms with van der Waals surface area (Å²) in [5.74, 6) is 0.348. The van der Waals surface area contributed by atoms with Crippen molar-refractivity contribution in [1.82, 2.24) is 19.7 Å². The van der Waals surface area contributed by atoms with E-state index >= 15 is 0 Å².